The molecule has 7 nitrogen and oxygen atoms in total. The number of hydrogen-bond acceptors (Lipinski definition) is 6. The third kappa shape index (κ3) is 4.69. The predicted octanol–water partition coefficient (Wildman–Crippen LogP) is 3.61. The molecule has 0 atom stereocenters. The molecular formula is C18H19NO6. The number of nitrogens with zero attached hydrogens (tertiary/aromatic N) is 1. The Morgan fingerprint density at radius 3 is 2.48 bits per heavy atom. The van der Waals surface area contributed by atoms with Crippen LogP contribution < -0.4 is 4.74 Å². The molecule has 0 aromatic heterocycles. The van der Waals surface area contributed by atoms with Crippen molar-refractivity contribution in [2.75, 3.05) is 6.61 Å². The van der Waals surface area contributed by atoms with E-state index in [1.807, 2.05) is 0 Å². The number of phenolic OH excluding ortho intramolecular Hbond substituents is 2. The molecule has 0 bridgehead atoms. The summed E-state index contributed by atoms with van der Waals surface area (Å²) < 4.78 is 5.54. The first-order valence-electron chi connectivity index (χ1n) is 7.87. The van der Waals surface area contributed by atoms with Crippen LogP contribution in [0.15, 0.2) is 36.4 Å². The Bertz CT molecular complexity index is 770. The van der Waals surface area contributed by atoms with Gasteiger partial charge in [-0.25, -0.2) is 0 Å². The van der Waals surface area contributed by atoms with Crippen molar-refractivity contribution in [3.8, 4) is 17.2 Å². The van der Waals surface area contributed by atoms with Crippen LogP contribution in [0, 0.1) is 10.1 Å². The van der Waals surface area contributed by atoms with E-state index in [4.69, 9.17) is 4.74 Å². The molecule has 0 amide bonds. The molecule has 0 saturated heterocycles. The van der Waals surface area contributed by atoms with Crippen LogP contribution in [-0.4, -0.2) is 27.5 Å². The van der Waals surface area contributed by atoms with Gasteiger partial charge in [0.05, 0.1) is 11.5 Å². The van der Waals surface area contributed by atoms with E-state index in [0.29, 0.717) is 17.9 Å². The van der Waals surface area contributed by atoms with E-state index in [-0.39, 0.29) is 12.0 Å². The van der Waals surface area contributed by atoms with Crippen molar-refractivity contribution in [3.63, 3.8) is 0 Å². The Morgan fingerprint density at radius 2 is 1.88 bits per heavy atom. The van der Waals surface area contributed by atoms with Crippen LogP contribution in [0.3, 0.4) is 0 Å². The zero-order valence-electron chi connectivity index (χ0n) is 13.8. The maximum atomic E-state index is 12.3. The highest BCUT2D eigenvalue weighted by atomic mass is 16.6. The van der Waals surface area contributed by atoms with Gasteiger partial charge in [-0.3, -0.25) is 14.9 Å². The summed E-state index contributed by atoms with van der Waals surface area (Å²) in [5.41, 5.74) is -0.0312. The number of Topliss-reactive ketones (excluding diaryl/α,β-unsaturated/α-hetero) is 1. The fourth-order valence-corrected chi connectivity index (χ4v) is 2.23. The predicted molar refractivity (Wildman–Crippen MR) is 91.3 cm³/mol. The van der Waals surface area contributed by atoms with Gasteiger partial charge in [0.1, 0.15) is 5.75 Å². The van der Waals surface area contributed by atoms with E-state index in [9.17, 15) is 25.1 Å². The maximum Gasteiger partial charge on any atom is 0.315 e. The molecule has 0 heterocycles. The molecule has 0 radical (unpaired) electrons. The Hall–Kier alpha value is -3.09. The number of hydrogen-bond donors (Lipinski definition) is 2. The molecule has 0 aliphatic rings. The number of aromatic hydroxyl groups is 2. The molecule has 25 heavy (non-hydrogen) atoms. The summed E-state index contributed by atoms with van der Waals surface area (Å²) in [6, 6.07) is 8.98. The van der Waals surface area contributed by atoms with Crippen LogP contribution in [0.5, 0.6) is 17.2 Å². The van der Waals surface area contributed by atoms with E-state index < -0.39 is 27.9 Å². The van der Waals surface area contributed by atoms with Crippen molar-refractivity contribution in [1.29, 1.82) is 0 Å². The number of nitro benzene ring substituents is 1. The zero-order valence-corrected chi connectivity index (χ0v) is 13.8. The number of rotatable bonds is 8. The molecule has 0 spiro atoms. The molecule has 2 N–H and O–H groups in total. The van der Waals surface area contributed by atoms with E-state index in [1.165, 1.54) is 0 Å². The second-order valence-electron chi connectivity index (χ2n) is 5.57. The van der Waals surface area contributed by atoms with Gasteiger partial charge in [0.15, 0.2) is 11.5 Å². The van der Waals surface area contributed by atoms with Crippen molar-refractivity contribution in [2.45, 2.75) is 26.2 Å². The van der Waals surface area contributed by atoms with Crippen LogP contribution in [0.1, 0.15) is 35.7 Å². The number of carbonyl (C=O) groups is 1. The van der Waals surface area contributed by atoms with Gasteiger partial charge in [0.25, 0.3) is 0 Å². The number of carbonyl (C=O) groups excluding carboxylic acids is 1. The number of phenols is 2. The molecule has 2 aromatic carbocycles. The largest absolute Gasteiger partial charge is 0.504 e. The van der Waals surface area contributed by atoms with Crippen LogP contribution in [0.4, 0.5) is 5.69 Å². The standard InChI is InChI=1S/C18H19NO6/c1-2-3-8-25-14-6-4-12(5-7-14)9-16(20)13-10-15(19(23)24)18(22)17(21)11-13/h4-7,10-11,21-22H,2-3,8-9H2,1H3. The average Bonchev–Trinajstić information content (AvgIpc) is 2.58. The van der Waals surface area contributed by atoms with Gasteiger partial charge in [-0.2, -0.15) is 0 Å². The number of unbranched alkanes of at least 4 members (excludes halogenated alkanes) is 1. The van der Waals surface area contributed by atoms with E-state index in [0.717, 1.165) is 25.0 Å². The molecule has 2 rings (SSSR count). The monoisotopic (exact) mass is 345 g/mol. The smallest absolute Gasteiger partial charge is 0.315 e. The highest BCUT2D eigenvalue weighted by Crippen LogP contribution is 2.36. The summed E-state index contributed by atoms with van der Waals surface area (Å²) in [6.07, 6.45) is 2.01. The Labute approximate surface area is 144 Å². The summed E-state index contributed by atoms with van der Waals surface area (Å²) in [5.74, 6) is -1.24. The van der Waals surface area contributed by atoms with Gasteiger partial charge < -0.3 is 14.9 Å². The van der Waals surface area contributed by atoms with E-state index in [2.05, 4.69) is 6.92 Å². The fourth-order valence-electron chi connectivity index (χ4n) is 2.23. The zero-order chi connectivity index (χ0) is 18.4. The molecule has 7 heteroatoms. The van der Waals surface area contributed by atoms with Crippen LogP contribution in [0.25, 0.3) is 0 Å². The number of ketones is 1. The summed E-state index contributed by atoms with van der Waals surface area (Å²) >= 11 is 0. The summed E-state index contributed by atoms with van der Waals surface area (Å²) in [7, 11) is 0. The maximum absolute atomic E-state index is 12.3. The highest BCUT2D eigenvalue weighted by Gasteiger charge is 2.21. The number of benzene rings is 2. The third-order valence-corrected chi connectivity index (χ3v) is 3.64. The Morgan fingerprint density at radius 1 is 1.20 bits per heavy atom. The fraction of sp³-hybridized carbons (Fsp3) is 0.278. The molecule has 0 aliphatic carbocycles. The van der Waals surface area contributed by atoms with Crippen LogP contribution in [-0.2, 0) is 6.42 Å². The van der Waals surface area contributed by atoms with Crippen molar-refractivity contribution >= 4 is 11.5 Å². The van der Waals surface area contributed by atoms with Crippen LogP contribution >= 0.6 is 0 Å². The summed E-state index contributed by atoms with van der Waals surface area (Å²) in [4.78, 5) is 22.3. The van der Waals surface area contributed by atoms with Crippen molar-refractivity contribution < 1.29 is 24.7 Å². The second-order valence-corrected chi connectivity index (χ2v) is 5.57. The van der Waals surface area contributed by atoms with Gasteiger partial charge >= 0.3 is 5.69 Å². The van der Waals surface area contributed by atoms with Crippen molar-refractivity contribution in [1.82, 2.24) is 0 Å². The van der Waals surface area contributed by atoms with Gasteiger partial charge in [-0.05, 0) is 30.2 Å². The molecular weight excluding hydrogens is 326 g/mol. The molecule has 0 fully saturated rings. The summed E-state index contributed by atoms with van der Waals surface area (Å²) in [6.45, 7) is 2.70. The van der Waals surface area contributed by atoms with Gasteiger partial charge in [-0.1, -0.05) is 25.5 Å². The van der Waals surface area contributed by atoms with Gasteiger partial charge in [0.2, 0.25) is 5.75 Å². The number of nitro groups is 1. The highest BCUT2D eigenvalue weighted by molar-refractivity contribution is 5.99. The lowest BCUT2D eigenvalue weighted by Crippen LogP contribution is -2.05. The first-order chi connectivity index (χ1) is 11.9. The average molecular weight is 345 g/mol. The minimum absolute atomic E-state index is 0.0105. The molecule has 0 unspecified atom stereocenters. The lowest BCUT2D eigenvalue weighted by molar-refractivity contribution is -0.386. The molecule has 132 valence electrons. The Balaban J connectivity index is 2.10. The van der Waals surface area contributed by atoms with Gasteiger partial charge in [-0.15, -0.1) is 0 Å². The van der Waals surface area contributed by atoms with Gasteiger partial charge in [0, 0.05) is 18.1 Å². The second kappa shape index (κ2) is 8.14. The first kappa shape index (κ1) is 18.3. The van der Waals surface area contributed by atoms with E-state index >= 15 is 0 Å². The SMILES string of the molecule is CCCCOc1ccc(CC(=O)c2cc(O)c(O)c([N+](=O)[O-])c2)cc1. The minimum atomic E-state index is -0.853. The Kier molecular flexibility index (Phi) is 5.94. The van der Waals surface area contributed by atoms with Crippen molar-refractivity contribution in [2.24, 2.45) is 0 Å². The number of ether oxygens (including phenoxy) is 1. The first-order valence-corrected chi connectivity index (χ1v) is 7.87. The third-order valence-electron chi connectivity index (χ3n) is 3.64. The van der Waals surface area contributed by atoms with Crippen molar-refractivity contribution in [3.05, 3.63) is 57.6 Å². The lowest BCUT2D eigenvalue weighted by Gasteiger charge is -2.07. The minimum Gasteiger partial charge on any atom is -0.504 e. The topological polar surface area (TPSA) is 110 Å². The normalized spacial score (nSPS) is 10.4. The molecule has 2 aromatic rings. The molecule has 0 saturated carbocycles. The molecule has 0 aliphatic heterocycles. The van der Waals surface area contributed by atoms with Crippen LogP contribution in [0.2, 0.25) is 0 Å². The lowest BCUT2D eigenvalue weighted by atomic mass is 10.0. The summed E-state index contributed by atoms with van der Waals surface area (Å²) in [5, 5.41) is 29.9. The quantitative estimate of drug-likeness (QED) is 0.249. The van der Waals surface area contributed by atoms with E-state index in [1.54, 1.807) is 24.3 Å².